The van der Waals surface area contributed by atoms with Gasteiger partial charge in [-0.3, -0.25) is 4.79 Å². The quantitative estimate of drug-likeness (QED) is 0.517. The van der Waals surface area contributed by atoms with Crippen molar-refractivity contribution in [3.05, 3.63) is 12.8 Å². The third-order valence-electron chi connectivity index (χ3n) is 5.56. The number of hydrogen-bond acceptors (Lipinski definition) is 2. The van der Waals surface area contributed by atoms with Crippen LogP contribution in [0, 0.1) is 23.7 Å². The Labute approximate surface area is 124 Å². The molecular weight excluding hydrogens is 248 g/mol. The molecule has 2 saturated carbocycles. The van der Waals surface area contributed by atoms with Gasteiger partial charge >= 0.3 is 5.97 Å². The summed E-state index contributed by atoms with van der Waals surface area (Å²) in [6, 6.07) is 0. The molecule has 2 aliphatic rings. The van der Waals surface area contributed by atoms with Crippen molar-refractivity contribution in [2.24, 2.45) is 23.7 Å². The second kappa shape index (κ2) is 7.85. The van der Waals surface area contributed by atoms with Crippen LogP contribution in [0.3, 0.4) is 0 Å². The minimum Gasteiger partial charge on any atom is -0.435 e. The highest BCUT2D eigenvalue weighted by molar-refractivity contribution is 5.73. The van der Waals surface area contributed by atoms with Crippen LogP contribution in [0.5, 0.6) is 0 Å². The topological polar surface area (TPSA) is 26.3 Å². The number of carbonyl (C=O) groups is 1. The Morgan fingerprint density at radius 1 is 1.05 bits per heavy atom. The zero-order valence-electron chi connectivity index (χ0n) is 13.0. The second-order valence-electron chi connectivity index (χ2n) is 6.78. The molecule has 2 nitrogen and oxygen atoms in total. The second-order valence-corrected chi connectivity index (χ2v) is 6.78. The van der Waals surface area contributed by atoms with Crippen LogP contribution >= 0.6 is 0 Å². The molecule has 0 N–H and O–H groups in total. The summed E-state index contributed by atoms with van der Waals surface area (Å²) in [5.41, 5.74) is 0. The van der Waals surface area contributed by atoms with E-state index in [2.05, 4.69) is 13.5 Å². The van der Waals surface area contributed by atoms with E-state index in [1.807, 2.05) is 0 Å². The zero-order chi connectivity index (χ0) is 14.4. The van der Waals surface area contributed by atoms with Crippen molar-refractivity contribution in [2.75, 3.05) is 0 Å². The molecule has 0 aromatic rings. The molecule has 2 heteroatoms. The number of hydrogen-bond donors (Lipinski definition) is 0. The summed E-state index contributed by atoms with van der Waals surface area (Å²) < 4.78 is 4.93. The van der Waals surface area contributed by atoms with Gasteiger partial charge in [-0.2, -0.15) is 0 Å². The van der Waals surface area contributed by atoms with Crippen molar-refractivity contribution in [1.29, 1.82) is 0 Å². The third-order valence-corrected chi connectivity index (χ3v) is 5.56. The van der Waals surface area contributed by atoms with Crippen molar-refractivity contribution < 1.29 is 9.53 Å². The summed E-state index contributed by atoms with van der Waals surface area (Å²) in [4.78, 5) is 11.7. The smallest absolute Gasteiger partial charge is 0.313 e. The minimum absolute atomic E-state index is 0.0647. The van der Waals surface area contributed by atoms with E-state index in [1.165, 1.54) is 57.6 Å². The average Bonchev–Trinajstić information content (AvgIpc) is 2.49. The van der Waals surface area contributed by atoms with Gasteiger partial charge in [0, 0.05) is 0 Å². The molecular formula is C18H30O2. The van der Waals surface area contributed by atoms with Crippen LogP contribution in [0.4, 0.5) is 0 Å². The van der Waals surface area contributed by atoms with Crippen LogP contribution in [-0.2, 0) is 9.53 Å². The van der Waals surface area contributed by atoms with Gasteiger partial charge in [0.25, 0.3) is 0 Å². The maximum absolute atomic E-state index is 11.7. The van der Waals surface area contributed by atoms with Crippen LogP contribution < -0.4 is 0 Å². The van der Waals surface area contributed by atoms with Crippen LogP contribution in [-0.4, -0.2) is 5.97 Å². The zero-order valence-corrected chi connectivity index (χ0v) is 13.0. The highest BCUT2D eigenvalue weighted by Gasteiger charge is 2.33. The molecule has 0 aromatic heterocycles. The lowest BCUT2D eigenvalue weighted by molar-refractivity contribution is -0.144. The van der Waals surface area contributed by atoms with Gasteiger partial charge < -0.3 is 4.74 Å². The molecule has 0 amide bonds. The van der Waals surface area contributed by atoms with Crippen LogP contribution in [0.2, 0.25) is 0 Å². The highest BCUT2D eigenvalue weighted by atomic mass is 16.5. The van der Waals surface area contributed by atoms with E-state index in [0.29, 0.717) is 0 Å². The molecule has 0 bridgehead atoms. The highest BCUT2D eigenvalue weighted by Crippen LogP contribution is 2.42. The van der Waals surface area contributed by atoms with Crippen molar-refractivity contribution in [3.8, 4) is 0 Å². The van der Waals surface area contributed by atoms with Gasteiger partial charge in [-0.05, 0) is 56.3 Å². The van der Waals surface area contributed by atoms with E-state index in [4.69, 9.17) is 4.74 Å². The first-order valence-corrected chi connectivity index (χ1v) is 8.56. The first-order valence-electron chi connectivity index (χ1n) is 8.56. The molecule has 20 heavy (non-hydrogen) atoms. The van der Waals surface area contributed by atoms with E-state index in [-0.39, 0.29) is 11.9 Å². The number of ether oxygens (including phenoxy) is 1. The fraction of sp³-hybridized carbons (Fsp3) is 0.833. The predicted octanol–water partition coefficient (Wildman–Crippen LogP) is 5.09. The van der Waals surface area contributed by atoms with E-state index >= 15 is 0 Å². The Balaban J connectivity index is 1.72. The van der Waals surface area contributed by atoms with Gasteiger partial charge in [0.1, 0.15) is 0 Å². The normalized spacial score (nSPS) is 34.5. The minimum atomic E-state index is -0.0647. The van der Waals surface area contributed by atoms with Crippen molar-refractivity contribution in [1.82, 2.24) is 0 Å². The van der Waals surface area contributed by atoms with Gasteiger partial charge in [-0.15, -0.1) is 0 Å². The van der Waals surface area contributed by atoms with E-state index in [9.17, 15) is 4.79 Å². The summed E-state index contributed by atoms with van der Waals surface area (Å²) in [6.45, 7) is 5.76. The summed E-state index contributed by atoms with van der Waals surface area (Å²) >= 11 is 0. The standard InChI is InChI=1S/C18H30O2/c1-3-5-14-6-8-15(9-7-14)16-10-12-17(13-11-16)18(19)20-4-2/h4,14-17H,2-3,5-13H2,1H3. The Morgan fingerprint density at radius 3 is 2.10 bits per heavy atom. The Bertz CT molecular complexity index is 307. The number of esters is 1. The molecule has 0 saturated heterocycles. The molecule has 0 aliphatic heterocycles. The SMILES string of the molecule is C=COC(=O)C1CCC(C2CCC(CCC)CC2)CC1. The summed E-state index contributed by atoms with van der Waals surface area (Å²) in [5.74, 6) is 2.85. The Hall–Kier alpha value is -0.790. The third kappa shape index (κ3) is 4.10. The monoisotopic (exact) mass is 278 g/mol. The van der Waals surface area contributed by atoms with Gasteiger partial charge in [0.2, 0.25) is 0 Å². The molecule has 2 aliphatic carbocycles. The van der Waals surface area contributed by atoms with E-state index in [1.54, 1.807) is 0 Å². The van der Waals surface area contributed by atoms with Gasteiger partial charge in [-0.25, -0.2) is 0 Å². The Morgan fingerprint density at radius 2 is 1.60 bits per heavy atom. The lowest BCUT2D eigenvalue weighted by Crippen LogP contribution is -2.28. The summed E-state index contributed by atoms with van der Waals surface area (Å²) in [6.07, 6.45) is 14.3. The molecule has 114 valence electrons. The van der Waals surface area contributed by atoms with Crippen LogP contribution in [0.15, 0.2) is 12.8 Å². The van der Waals surface area contributed by atoms with Crippen LogP contribution in [0.1, 0.15) is 71.1 Å². The summed E-state index contributed by atoms with van der Waals surface area (Å²) in [5, 5.41) is 0. The van der Waals surface area contributed by atoms with Gasteiger partial charge in [0.15, 0.2) is 0 Å². The molecule has 0 unspecified atom stereocenters. The fourth-order valence-corrected chi connectivity index (χ4v) is 4.36. The fourth-order valence-electron chi connectivity index (χ4n) is 4.36. The van der Waals surface area contributed by atoms with Crippen molar-refractivity contribution >= 4 is 5.97 Å². The number of rotatable bonds is 5. The molecule has 2 rings (SSSR count). The first-order chi connectivity index (χ1) is 9.74. The summed E-state index contributed by atoms with van der Waals surface area (Å²) in [7, 11) is 0. The lowest BCUT2D eigenvalue weighted by atomic mass is 9.69. The molecule has 0 spiro atoms. The van der Waals surface area contributed by atoms with E-state index < -0.39 is 0 Å². The lowest BCUT2D eigenvalue weighted by Gasteiger charge is -2.37. The molecule has 0 aromatic carbocycles. The van der Waals surface area contributed by atoms with Gasteiger partial charge in [0.05, 0.1) is 12.2 Å². The molecule has 0 radical (unpaired) electrons. The van der Waals surface area contributed by atoms with E-state index in [0.717, 1.165) is 30.6 Å². The average molecular weight is 278 g/mol. The van der Waals surface area contributed by atoms with Gasteiger partial charge in [-0.1, -0.05) is 39.2 Å². The molecule has 0 heterocycles. The molecule has 0 atom stereocenters. The number of carbonyl (C=O) groups excluding carboxylic acids is 1. The van der Waals surface area contributed by atoms with Crippen LogP contribution in [0.25, 0.3) is 0 Å². The largest absolute Gasteiger partial charge is 0.435 e. The molecule has 2 fully saturated rings. The maximum Gasteiger partial charge on any atom is 0.313 e. The van der Waals surface area contributed by atoms with Crippen molar-refractivity contribution in [3.63, 3.8) is 0 Å². The predicted molar refractivity (Wildman–Crippen MR) is 82.1 cm³/mol. The maximum atomic E-state index is 11.7. The first kappa shape index (κ1) is 15.6. The van der Waals surface area contributed by atoms with Crippen molar-refractivity contribution in [2.45, 2.75) is 71.1 Å². The Kier molecular flexibility index (Phi) is 6.12.